The highest BCUT2D eigenvalue weighted by molar-refractivity contribution is 8.27. The summed E-state index contributed by atoms with van der Waals surface area (Å²) in [7, 11) is 1.56. The van der Waals surface area contributed by atoms with Gasteiger partial charge in [-0.25, -0.2) is 0 Å². The fourth-order valence-corrected chi connectivity index (χ4v) is 4.38. The molecule has 1 N–H and O–H groups in total. The molecule has 3 aromatic rings. The van der Waals surface area contributed by atoms with Gasteiger partial charge in [0.2, 0.25) is 5.17 Å². The molecule has 0 fully saturated rings. The van der Waals surface area contributed by atoms with E-state index in [4.69, 9.17) is 14.9 Å². The van der Waals surface area contributed by atoms with E-state index >= 15 is 0 Å². The number of hydrogen-bond acceptors (Lipinski definition) is 6. The minimum atomic E-state index is -0.475. The number of thioether (sulfide) groups is 1. The number of methoxy groups -OCH3 is 1. The van der Waals surface area contributed by atoms with Gasteiger partial charge in [-0.05, 0) is 41.1 Å². The molecule has 2 aliphatic heterocycles. The summed E-state index contributed by atoms with van der Waals surface area (Å²) in [6.07, 6.45) is 1.62. The number of rotatable bonds is 6. The van der Waals surface area contributed by atoms with Crippen molar-refractivity contribution in [2.24, 2.45) is 10.1 Å². The quantitative estimate of drug-likeness (QED) is 0.518. The molecule has 2 heterocycles. The van der Waals surface area contributed by atoms with Crippen molar-refractivity contribution in [3.63, 3.8) is 0 Å². The molecular weight excluding hydrogens is 448 g/mol. The van der Waals surface area contributed by atoms with E-state index in [1.54, 1.807) is 25.3 Å². The Hall–Kier alpha value is -4.17. The molecule has 1 amide bonds. The summed E-state index contributed by atoms with van der Waals surface area (Å²) >= 11 is 1.28. The number of amides is 1. The molecule has 0 bridgehead atoms. The summed E-state index contributed by atoms with van der Waals surface area (Å²) in [6, 6.07) is 24.8. The lowest BCUT2D eigenvalue weighted by atomic mass is 10.1. The highest BCUT2D eigenvalue weighted by Gasteiger charge is 2.36. The summed E-state index contributed by atoms with van der Waals surface area (Å²) in [5.41, 5.74) is 2.80. The third kappa shape index (κ3) is 4.35. The Labute approximate surface area is 200 Å². The number of carbonyl (C=O) groups excluding carboxylic acids is 1. The van der Waals surface area contributed by atoms with Crippen LogP contribution in [0.15, 0.2) is 94.5 Å². The molecule has 0 saturated carbocycles. The highest BCUT2D eigenvalue weighted by Crippen LogP contribution is 2.33. The Bertz CT molecular complexity index is 1350. The lowest BCUT2D eigenvalue weighted by molar-refractivity contribution is -0.114. The number of amidine groups is 2. The standard InChI is InChI=1S/C26H20N4O3S/c1-32-22-15-18(12-13-21(22)33-16-17-8-4-2-5-9-17)14-20-23(27)30-26(28-24(20)31)34-25(29-30)19-10-6-3-7-11-19/h2-15,27H,16H2,1H3/b20-14-,27-23?. The largest absolute Gasteiger partial charge is 0.493 e. The number of hydrogen-bond donors (Lipinski definition) is 1. The second-order valence-corrected chi connectivity index (χ2v) is 8.43. The van der Waals surface area contributed by atoms with E-state index in [1.807, 2.05) is 66.7 Å². The molecule has 0 radical (unpaired) electrons. The van der Waals surface area contributed by atoms with E-state index in [2.05, 4.69) is 10.1 Å². The number of nitrogens with one attached hydrogen (secondary N) is 1. The predicted octanol–water partition coefficient (Wildman–Crippen LogP) is 4.94. The van der Waals surface area contributed by atoms with Crippen molar-refractivity contribution in [1.82, 2.24) is 5.01 Å². The molecule has 0 spiro atoms. The first-order valence-electron chi connectivity index (χ1n) is 10.5. The first kappa shape index (κ1) is 21.7. The SMILES string of the molecule is COc1cc(/C=C2/C(=N)N3N=C(c4ccccc4)SC3=NC2=O)ccc1OCc1ccccc1. The van der Waals surface area contributed by atoms with Gasteiger partial charge in [0, 0.05) is 5.56 Å². The molecule has 0 saturated heterocycles. The van der Waals surface area contributed by atoms with Crippen molar-refractivity contribution in [2.45, 2.75) is 6.61 Å². The fourth-order valence-electron chi connectivity index (χ4n) is 3.48. The summed E-state index contributed by atoms with van der Waals surface area (Å²) in [6.45, 7) is 0.409. The van der Waals surface area contributed by atoms with Gasteiger partial charge in [-0.1, -0.05) is 66.7 Å². The molecule has 5 rings (SSSR count). The van der Waals surface area contributed by atoms with Crippen LogP contribution in [-0.2, 0) is 11.4 Å². The van der Waals surface area contributed by atoms with Crippen LogP contribution in [0, 0.1) is 5.41 Å². The van der Waals surface area contributed by atoms with E-state index in [0.717, 1.165) is 11.1 Å². The summed E-state index contributed by atoms with van der Waals surface area (Å²) in [5.74, 6) is 0.630. The Morgan fingerprint density at radius 1 is 1.00 bits per heavy atom. The molecule has 34 heavy (non-hydrogen) atoms. The minimum absolute atomic E-state index is 0.0168. The van der Waals surface area contributed by atoms with Crippen LogP contribution < -0.4 is 9.47 Å². The van der Waals surface area contributed by atoms with Crippen molar-refractivity contribution < 1.29 is 14.3 Å². The third-order valence-corrected chi connectivity index (χ3v) is 6.17. The van der Waals surface area contributed by atoms with Gasteiger partial charge in [0.05, 0.1) is 12.7 Å². The van der Waals surface area contributed by atoms with Crippen molar-refractivity contribution in [3.8, 4) is 11.5 Å². The third-order valence-electron chi connectivity index (χ3n) is 5.21. The van der Waals surface area contributed by atoms with Crippen molar-refractivity contribution >= 4 is 39.8 Å². The van der Waals surface area contributed by atoms with E-state index in [-0.39, 0.29) is 11.4 Å². The van der Waals surface area contributed by atoms with Crippen LogP contribution in [0.1, 0.15) is 16.7 Å². The average Bonchev–Trinajstić information content (AvgIpc) is 3.31. The van der Waals surface area contributed by atoms with Gasteiger partial charge >= 0.3 is 0 Å². The number of aliphatic imine (C=N–C) groups is 1. The zero-order chi connectivity index (χ0) is 23.5. The molecule has 0 aromatic heterocycles. The van der Waals surface area contributed by atoms with Gasteiger partial charge in [-0.3, -0.25) is 10.2 Å². The van der Waals surface area contributed by atoms with Gasteiger partial charge in [0.15, 0.2) is 17.3 Å². The molecule has 168 valence electrons. The van der Waals surface area contributed by atoms with Crippen LogP contribution in [0.25, 0.3) is 6.08 Å². The highest BCUT2D eigenvalue weighted by atomic mass is 32.2. The Morgan fingerprint density at radius 3 is 2.47 bits per heavy atom. The molecular formula is C26H20N4O3S. The maximum atomic E-state index is 12.7. The second kappa shape index (κ2) is 9.36. The van der Waals surface area contributed by atoms with Crippen molar-refractivity contribution in [2.75, 3.05) is 7.11 Å². The Morgan fingerprint density at radius 2 is 1.74 bits per heavy atom. The van der Waals surface area contributed by atoms with Gasteiger partial charge in [-0.2, -0.15) is 15.1 Å². The lowest BCUT2D eigenvalue weighted by Crippen LogP contribution is -2.35. The van der Waals surface area contributed by atoms with Crippen LogP contribution in [0.5, 0.6) is 11.5 Å². The van der Waals surface area contributed by atoms with Crippen molar-refractivity contribution in [3.05, 3.63) is 101 Å². The van der Waals surface area contributed by atoms with Gasteiger partial charge in [-0.15, -0.1) is 0 Å². The predicted molar refractivity (Wildman–Crippen MR) is 134 cm³/mol. The monoisotopic (exact) mass is 468 g/mol. The van der Waals surface area contributed by atoms with Crippen LogP contribution in [0.3, 0.4) is 0 Å². The van der Waals surface area contributed by atoms with Crippen LogP contribution in [0.4, 0.5) is 0 Å². The molecule has 0 atom stereocenters. The minimum Gasteiger partial charge on any atom is -0.493 e. The fraction of sp³-hybridized carbons (Fsp3) is 0.0769. The van der Waals surface area contributed by atoms with E-state index in [9.17, 15) is 4.79 Å². The number of ether oxygens (including phenoxy) is 2. The Kier molecular flexibility index (Phi) is 5.97. The molecule has 2 aliphatic rings. The summed E-state index contributed by atoms with van der Waals surface area (Å²) < 4.78 is 11.4. The average molecular weight is 469 g/mol. The number of hydrazone groups is 1. The molecule has 0 aliphatic carbocycles. The molecule has 0 unspecified atom stereocenters. The molecule has 3 aromatic carbocycles. The molecule has 8 heteroatoms. The summed E-state index contributed by atoms with van der Waals surface area (Å²) in [4.78, 5) is 16.9. The topological polar surface area (TPSA) is 87.3 Å². The van der Waals surface area contributed by atoms with Crippen LogP contribution >= 0.6 is 11.8 Å². The number of fused-ring (bicyclic) bond motifs is 1. The number of carbonyl (C=O) groups is 1. The maximum absolute atomic E-state index is 12.7. The number of benzene rings is 3. The van der Waals surface area contributed by atoms with Crippen LogP contribution in [-0.4, -0.2) is 34.1 Å². The van der Waals surface area contributed by atoms with Gasteiger partial charge < -0.3 is 9.47 Å². The van der Waals surface area contributed by atoms with E-state index < -0.39 is 5.91 Å². The van der Waals surface area contributed by atoms with E-state index in [1.165, 1.54) is 16.8 Å². The smallest absolute Gasteiger partial charge is 0.283 e. The van der Waals surface area contributed by atoms with Gasteiger partial charge in [0.25, 0.3) is 5.91 Å². The van der Waals surface area contributed by atoms with Crippen molar-refractivity contribution in [1.29, 1.82) is 5.41 Å². The zero-order valence-electron chi connectivity index (χ0n) is 18.3. The van der Waals surface area contributed by atoms with E-state index in [0.29, 0.717) is 33.9 Å². The first-order valence-corrected chi connectivity index (χ1v) is 11.3. The lowest BCUT2D eigenvalue weighted by Gasteiger charge is -2.20. The number of nitrogens with zero attached hydrogens (tertiary/aromatic N) is 3. The zero-order valence-corrected chi connectivity index (χ0v) is 19.1. The van der Waals surface area contributed by atoms with Crippen LogP contribution in [0.2, 0.25) is 0 Å². The molecule has 7 nitrogen and oxygen atoms in total. The maximum Gasteiger partial charge on any atom is 0.283 e. The normalized spacial score (nSPS) is 16.3. The first-order chi connectivity index (χ1) is 16.6. The Balaban J connectivity index is 1.38. The second-order valence-electron chi connectivity index (χ2n) is 7.48. The van der Waals surface area contributed by atoms with Gasteiger partial charge in [0.1, 0.15) is 11.7 Å². The summed E-state index contributed by atoms with van der Waals surface area (Å²) in [5, 5.41) is 15.6.